The van der Waals surface area contributed by atoms with Crippen LogP contribution in [0.5, 0.6) is 5.75 Å². The minimum atomic E-state index is -0.458. The lowest BCUT2D eigenvalue weighted by molar-refractivity contribution is 0.229. The van der Waals surface area contributed by atoms with E-state index in [1.807, 2.05) is 36.4 Å². The van der Waals surface area contributed by atoms with Gasteiger partial charge in [0.2, 0.25) is 0 Å². The van der Waals surface area contributed by atoms with E-state index in [0.29, 0.717) is 17.5 Å². The second kappa shape index (κ2) is 7.31. The number of methoxy groups -OCH3 is 1. The minimum Gasteiger partial charge on any atom is -0.495 e. The Morgan fingerprint density at radius 3 is 2.73 bits per heavy atom. The van der Waals surface area contributed by atoms with Gasteiger partial charge in [0.1, 0.15) is 11.6 Å². The van der Waals surface area contributed by atoms with Crippen LogP contribution in [0.4, 0.5) is 11.5 Å². The quantitative estimate of drug-likeness (QED) is 0.704. The number of nitrogens with zero attached hydrogens (tertiary/aromatic N) is 3. The highest BCUT2D eigenvalue weighted by atomic mass is 35.5. The molecule has 136 valence electrons. The lowest BCUT2D eigenvalue weighted by atomic mass is 9.77. The van der Waals surface area contributed by atoms with E-state index in [4.69, 9.17) is 15.0 Å². The largest absolute Gasteiger partial charge is 0.495 e. The van der Waals surface area contributed by atoms with Crippen molar-refractivity contribution in [2.24, 2.45) is 5.73 Å². The third-order valence-corrected chi connectivity index (χ3v) is 4.52. The van der Waals surface area contributed by atoms with Gasteiger partial charge >= 0.3 is 0 Å². The molecule has 8 heteroatoms. The number of halogens is 1. The summed E-state index contributed by atoms with van der Waals surface area (Å²) in [5.41, 5.74) is 7.35. The summed E-state index contributed by atoms with van der Waals surface area (Å²) in [4.78, 5) is 8.91. The van der Waals surface area contributed by atoms with Crippen LogP contribution in [0.15, 0.2) is 47.1 Å². The molecule has 0 bridgehead atoms. The van der Waals surface area contributed by atoms with Gasteiger partial charge < -0.3 is 20.3 Å². The fourth-order valence-electron chi connectivity index (χ4n) is 2.87. The number of benzene rings is 1. The first-order chi connectivity index (χ1) is 12.2. The van der Waals surface area contributed by atoms with Crippen LogP contribution in [0.2, 0.25) is 0 Å². The average molecular weight is 374 g/mol. The van der Waals surface area contributed by atoms with E-state index in [-0.39, 0.29) is 12.4 Å². The fourth-order valence-corrected chi connectivity index (χ4v) is 2.87. The molecule has 0 unspecified atom stereocenters. The maximum Gasteiger partial charge on any atom is 0.261 e. The van der Waals surface area contributed by atoms with Crippen LogP contribution in [0.1, 0.15) is 25.1 Å². The highest BCUT2D eigenvalue weighted by molar-refractivity contribution is 5.85. The Hall–Kier alpha value is -2.64. The van der Waals surface area contributed by atoms with Crippen molar-refractivity contribution in [1.29, 1.82) is 0 Å². The van der Waals surface area contributed by atoms with Crippen molar-refractivity contribution in [1.82, 2.24) is 15.1 Å². The van der Waals surface area contributed by atoms with Gasteiger partial charge in [0.25, 0.3) is 5.89 Å². The third kappa shape index (κ3) is 3.23. The van der Waals surface area contributed by atoms with Crippen molar-refractivity contribution < 1.29 is 9.26 Å². The van der Waals surface area contributed by atoms with Gasteiger partial charge in [-0.15, -0.1) is 12.4 Å². The highest BCUT2D eigenvalue weighted by Crippen LogP contribution is 2.38. The Kier molecular flexibility index (Phi) is 5.11. The van der Waals surface area contributed by atoms with E-state index in [1.165, 1.54) is 0 Å². The van der Waals surface area contributed by atoms with Crippen LogP contribution in [-0.4, -0.2) is 22.2 Å². The third-order valence-electron chi connectivity index (χ3n) is 4.52. The Morgan fingerprint density at radius 1 is 1.19 bits per heavy atom. The lowest BCUT2D eigenvalue weighted by Crippen LogP contribution is -2.44. The fraction of sp³-hybridized carbons (Fsp3) is 0.278. The van der Waals surface area contributed by atoms with Crippen LogP contribution in [0, 0.1) is 0 Å². The number of hydrogen-bond donors (Lipinski definition) is 2. The molecule has 1 aliphatic carbocycles. The van der Waals surface area contributed by atoms with E-state index in [1.54, 1.807) is 13.3 Å². The number of ether oxygens (including phenoxy) is 1. The number of aromatic nitrogens is 3. The molecule has 0 saturated heterocycles. The summed E-state index contributed by atoms with van der Waals surface area (Å²) in [6.45, 7) is 0. The summed E-state index contributed by atoms with van der Waals surface area (Å²) in [6.07, 6.45) is 4.55. The van der Waals surface area contributed by atoms with E-state index < -0.39 is 5.54 Å². The number of pyridine rings is 1. The smallest absolute Gasteiger partial charge is 0.261 e. The SMILES string of the molecule is COc1ccccc1Nc1ncccc1-c1nc(C2(N)CCC2)no1.Cl. The minimum absolute atomic E-state index is 0. The number of nitrogens with one attached hydrogen (secondary N) is 1. The van der Waals surface area contributed by atoms with E-state index in [9.17, 15) is 0 Å². The van der Waals surface area contributed by atoms with E-state index in [0.717, 1.165) is 36.3 Å². The second-order valence-corrected chi connectivity index (χ2v) is 6.16. The predicted octanol–water partition coefficient (Wildman–Crippen LogP) is 3.64. The molecule has 7 nitrogen and oxygen atoms in total. The topological polar surface area (TPSA) is 99.1 Å². The Labute approximate surface area is 157 Å². The summed E-state index contributed by atoms with van der Waals surface area (Å²) < 4.78 is 10.8. The second-order valence-electron chi connectivity index (χ2n) is 6.16. The van der Waals surface area contributed by atoms with Crippen molar-refractivity contribution >= 4 is 23.9 Å². The predicted molar refractivity (Wildman–Crippen MR) is 101 cm³/mol. The first-order valence-electron chi connectivity index (χ1n) is 8.18. The molecular formula is C18H20ClN5O2. The molecule has 1 aromatic carbocycles. The monoisotopic (exact) mass is 373 g/mol. The molecule has 3 aromatic rings. The zero-order valence-corrected chi connectivity index (χ0v) is 15.1. The number of para-hydroxylation sites is 2. The summed E-state index contributed by atoms with van der Waals surface area (Å²) in [7, 11) is 1.63. The van der Waals surface area contributed by atoms with Crippen molar-refractivity contribution in [2.75, 3.05) is 12.4 Å². The Bertz CT molecular complexity index is 895. The maximum absolute atomic E-state index is 6.28. The van der Waals surface area contributed by atoms with Crippen LogP contribution < -0.4 is 15.8 Å². The van der Waals surface area contributed by atoms with Gasteiger partial charge in [0.05, 0.1) is 23.9 Å². The van der Waals surface area contributed by atoms with Crippen LogP contribution in [0.3, 0.4) is 0 Å². The Morgan fingerprint density at radius 2 is 2.00 bits per heavy atom. The molecule has 4 rings (SSSR count). The zero-order valence-electron chi connectivity index (χ0n) is 14.3. The number of hydrogen-bond acceptors (Lipinski definition) is 7. The van der Waals surface area contributed by atoms with Gasteiger partial charge in [-0.25, -0.2) is 4.98 Å². The average Bonchev–Trinajstić information content (AvgIpc) is 3.11. The normalized spacial score (nSPS) is 14.8. The van der Waals surface area contributed by atoms with Gasteiger partial charge in [-0.05, 0) is 43.5 Å². The lowest BCUT2D eigenvalue weighted by Gasteiger charge is -2.34. The molecule has 1 aliphatic rings. The number of anilines is 2. The van der Waals surface area contributed by atoms with Gasteiger partial charge in [-0.1, -0.05) is 17.3 Å². The van der Waals surface area contributed by atoms with Crippen LogP contribution in [0.25, 0.3) is 11.5 Å². The van der Waals surface area contributed by atoms with Crippen LogP contribution >= 0.6 is 12.4 Å². The molecule has 2 aromatic heterocycles. The van der Waals surface area contributed by atoms with Crippen LogP contribution in [-0.2, 0) is 5.54 Å². The molecule has 0 radical (unpaired) electrons. The number of nitrogens with two attached hydrogens (primary N) is 1. The van der Waals surface area contributed by atoms with Gasteiger partial charge in [-0.3, -0.25) is 0 Å². The molecule has 0 spiro atoms. The Balaban J connectivity index is 0.00000196. The highest BCUT2D eigenvalue weighted by Gasteiger charge is 2.39. The first-order valence-corrected chi connectivity index (χ1v) is 8.18. The van der Waals surface area contributed by atoms with Gasteiger partial charge in [0, 0.05) is 6.20 Å². The molecule has 2 heterocycles. The van der Waals surface area contributed by atoms with Crippen molar-refractivity contribution in [3.8, 4) is 17.2 Å². The molecule has 26 heavy (non-hydrogen) atoms. The van der Waals surface area contributed by atoms with E-state index in [2.05, 4.69) is 20.4 Å². The summed E-state index contributed by atoms with van der Waals surface area (Å²) in [5, 5.41) is 7.35. The summed E-state index contributed by atoms with van der Waals surface area (Å²) in [6, 6.07) is 11.3. The van der Waals surface area contributed by atoms with Crippen molar-refractivity contribution in [2.45, 2.75) is 24.8 Å². The standard InChI is InChI=1S/C18H19N5O2.ClH/c1-24-14-8-3-2-7-13(14)21-15-12(6-4-11-20-15)16-22-17(23-25-16)18(19)9-5-10-18;/h2-4,6-8,11H,5,9-10,19H2,1H3,(H,20,21);1H. The van der Waals surface area contributed by atoms with Gasteiger partial charge in [-0.2, -0.15) is 4.98 Å². The van der Waals surface area contributed by atoms with Crippen molar-refractivity contribution in [3.05, 3.63) is 48.4 Å². The van der Waals surface area contributed by atoms with E-state index >= 15 is 0 Å². The molecule has 1 fully saturated rings. The summed E-state index contributed by atoms with van der Waals surface area (Å²) >= 11 is 0. The molecule has 0 atom stereocenters. The molecule has 3 N–H and O–H groups in total. The maximum atomic E-state index is 6.28. The van der Waals surface area contributed by atoms with Gasteiger partial charge in [0.15, 0.2) is 5.82 Å². The molecular weight excluding hydrogens is 354 g/mol. The number of rotatable bonds is 5. The first kappa shape index (κ1) is 18.2. The molecule has 0 aliphatic heterocycles. The summed E-state index contributed by atoms with van der Waals surface area (Å²) in [5.74, 6) is 2.29. The molecule has 0 amide bonds. The zero-order chi connectivity index (χ0) is 17.3. The van der Waals surface area contributed by atoms with Crippen molar-refractivity contribution in [3.63, 3.8) is 0 Å². The molecule has 1 saturated carbocycles.